The molecular weight excluding hydrogens is 359 g/mol. The first kappa shape index (κ1) is 18.1. The lowest BCUT2D eigenvalue weighted by Gasteiger charge is -2.34. The maximum atomic E-state index is 12.2. The summed E-state index contributed by atoms with van der Waals surface area (Å²) in [4.78, 5) is 20.7. The Hall–Kier alpha value is -1.66. The number of benzene rings is 1. The number of anilines is 1. The summed E-state index contributed by atoms with van der Waals surface area (Å²) >= 11 is 11.9. The number of hydrogen-bond donors (Lipinski definition) is 1. The fourth-order valence-electron chi connectivity index (χ4n) is 2.83. The zero-order chi connectivity index (χ0) is 17.6. The first-order valence-corrected chi connectivity index (χ1v) is 8.95. The Morgan fingerprint density at radius 2 is 1.72 bits per heavy atom. The quantitative estimate of drug-likeness (QED) is 0.811. The predicted octanol–water partition coefficient (Wildman–Crippen LogP) is 3.14. The molecule has 0 radical (unpaired) electrons. The summed E-state index contributed by atoms with van der Waals surface area (Å²) < 4.78 is 0. The molecule has 3 rings (SSSR count). The lowest BCUT2D eigenvalue weighted by Crippen LogP contribution is -2.48. The van der Waals surface area contributed by atoms with Gasteiger partial charge in [0, 0.05) is 43.9 Å². The van der Waals surface area contributed by atoms with Crippen molar-refractivity contribution in [1.29, 1.82) is 0 Å². The van der Waals surface area contributed by atoms with Gasteiger partial charge in [-0.05, 0) is 29.8 Å². The van der Waals surface area contributed by atoms with Gasteiger partial charge in [0.2, 0.25) is 5.91 Å². The minimum atomic E-state index is -0.0685. The van der Waals surface area contributed by atoms with E-state index in [-0.39, 0.29) is 5.91 Å². The predicted molar refractivity (Wildman–Crippen MR) is 101 cm³/mol. The summed E-state index contributed by atoms with van der Waals surface area (Å²) in [5.74, 6) is -0.0685. The van der Waals surface area contributed by atoms with Crippen molar-refractivity contribution in [3.05, 3.63) is 58.3 Å². The van der Waals surface area contributed by atoms with E-state index in [9.17, 15) is 4.79 Å². The van der Waals surface area contributed by atoms with Crippen molar-refractivity contribution in [3.8, 4) is 0 Å². The molecule has 132 valence electrons. The van der Waals surface area contributed by atoms with E-state index < -0.39 is 0 Å². The van der Waals surface area contributed by atoms with Crippen molar-refractivity contribution in [2.24, 2.45) is 0 Å². The molecule has 1 aromatic heterocycles. The van der Waals surface area contributed by atoms with Gasteiger partial charge in [0.05, 0.1) is 12.2 Å². The molecule has 2 aromatic rings. The molecule has 25 heavy (non-hydrogen) atoms. The minimum absolute atomic E-state index is 0.0685. The molecule has 0 bridgehead atoms. The third-order valence-corrected chi connectivity index (χ3v) is 4.74. The molecule has 1 saturated heterocycles. The molecule has 2 heterocycles. The minimum Gasteiger partial charge on any atom is -0.322 e. The van der Waals surface area contributed by atoms with Crippen molar-refractivity contribution in [1.82, 2.24) is 14.8 Å². The van der Waals surface area contributed by atoms with Gasteiger partial charge in [-0.25, -0.2) is 4.98 Å². The standard InChI is InChI=1S/C18H20Cl2N4O/c19-15-5-3-14(4-6-15)12-23-8-10-24(11-9-23)13-17(25)22-16-2-1-7-21-18(16)20/h1-7H,8-13H2,(H,22,25). The van der Waals surface area contributed by atoms with Crippen molar-refractivity contribution in [3.63, 3.8) is 0 Å². The molecule has 1 aliphatic heterocycles. The number of rotatable bonds is 5. The van der Waals surface area contributed by atoms with Crippen LogP contribution in [0.5, 0.6) is 0 Å². The average Bonchev–Trinajstić information content (AvgIpc) is 2.61. The largest absolute Gasteiger partial charge is 0.322 e. The summed E-state index contributed by atoms with van der Waals surface area (Å²) in [5.41, 5.74) is 1.80. The van der Waals surface area contributed by atoms with Crippen molar-refractivity contribution < 1.29 is 4.79 Å². The Labute approximate surface area is 157 Å². The van der Waals surface area contributed by atoms with Crippen LogP contribution in [0.25, 0.3) is 0 Å². The van der Waals surface area contributed by atoms with Crippen molar-refractivity contribution in [2.45, 2.75) is 6.54 Å². The molecule has 0 atom stereocenters. The number of carbonyl (C=O) groups is 1. The second-order valence-corrected chi connectivity index (χ2v) is 6.86. The fraction of sp³-hybridized carbons (Fsp3) is 0.333. The number of amides is 1. The van der Waals surface area contributed by atoms with E-state index in [0.717, 1.165) is 37.7 Å². The third kappa shape index (κ3) is 5.41. The van der Waals surface area contributed by atoms with E-state index in [2.05, 4.69) is 32.2 Å². The van der Waals surface area contributed by atoms with Gasteiger partial charge in [-0.2, -0.15) is 0 Å². The summed E-state index contributed by atoms with van der Waals surface area (Å²) in [6.07, 6.45) is 1.60. The molecule has 1 fully saturated rings. The van der Waals surface area contributed by atoms with Crippen LogP contribution in [0, 0.1) is 0 Å². The van der Waals surface area contributed by atoms with Crippen LogP contribution in [0.15, 0.2) is 42.6 Å². The first-order valence-electron chi connectivity index (χ1n) is 8.20. The lowest BCUT2D eigenvalue weighted by atomic mass is 10.2. The highest BCUT2D eigenvalue weighted by atomic mass is 35.5. The second kappa shape index (κ2) is 8.63. The Kier molecular flexibility index (Phi) is 6.26. The van der Waals surface area contributed by atoms with E-state index >= 15 is 0 Å². The smallest absolute Gasteiger partial charge is 0.238 e. The molecule has 7 heteroatoms. The maximum Gasteiger partial charge on any atom is 0.238 e. The van der Waals surface area contributed by atoms with Gasteiger partial charge in [-0.15, -0.1) is 0 Å². The highest BCUT2D eigenvalue weighted by Crippen LogP contribution is 2.17. The van der Waals surface area contributed by atoms with Crippen LogP contribution in [0.3, 0.4) is 0 Å². The Morgan fingerprint density at radius 3 is 2.40 bits per heavy atom. The number of nitrogens with zero attached hydrogens (tertiary/aromatic N) is 3. The zero-order valence-electron chi connectivity index (χ0n) is 13.8. The molecular formula is C18H20Cl2N4O. The van der Waals surface area contributed by atoms with Crippen LogP contribution >= 0.6 is 23.2 Å². The van der Waals surface area contributed by atoms with Gasteiger partial charge in [0.25, 0.3) is 0 Å². The average molecular weight is 379 g/mol. The fourth-order valence-corrected chi connectivity index (χ4v) is 3.12. The summed E-state index contributed by atoms with van der Waals surface area (Å²) in [6.45, 7) is 4.86. The number of carbonyl (C=O) groups excluding carboxylic acids is 1. The molecule has 0 spiro atoms. The SMILES string of the molecule is O=C(CN1CCN(Cc2ccc(Cl)cc2)CC1)Nc1cccnc1Cl. The van der Waals surface area contributed by atoms with Crippen molar-refractivity contribution in [2.75, 3.05) is 38.0 Å². The Bertz CT molecular complexity index is 715. The monoisotopic (exact) mass is 378 g/mol. The topological polar surface area (TPSA) is 48.5 Å². The van der Waals surface area contributed by atoms with Gasteiger partial charge in [0.15, 0.2) is 5.15 Å². The number of halogens is 2. The third-order valence-electron chi connectivity index (χ3n) is 4.18. The summed E-state index contributed by atoms with van der Waals surface area (Å²) in [7, 11) is 0. The molecule has 1 aromatic carbocycles. The number of hydrogen-bond acceptors (Lipinski definition) is 4. The maximum absolute atomic E-state index is 12.2. The number of aromatic nitrogens is 1. The number of pyridine rings is 1. The molecule has 0 aliphatic carbocycles. The van der Waals surface area contributed by atoms with Crippen LogP contribution < -0.4 is 5.32 Å². The van der Waals surface area contributed by atoms with E-state index in [1.807, 2.05) is 12.1 Å². The van der Waals surface area contributed by atoms with Gasteiger partial charge in [0.1, 0.15) is 0 Å². The Morgan fingerprint density at radius 1 is 1.04 bits per heavy atom. The highest BCUT2D eigenvalue weighted by molar-refractivity contribution is 6.32. The normalized spacial score (nSPS) is 15.9. The van der Waals surface area contributed by atoms with Crippen LogP contribution in [0.4, 0.5) is 5.69 Å². The first-order chi connectivity index (χ1) is 12.1. The van der Waals surface area contributed by atoms with Gasteiger partial charge in [-0.1, -0.05) is 35.3 Å². The zero-order valence-corrected chi connectivity index (χ0v) is 15.3. The van der Waals surface area contributed by atoms with E-state index in [1.165, 1.54) is 5.56 Å². The van der Waals surface area contributed by atoms with E-state index in [1.54, 1.807) is 18.3 Å². The van der Waals surface area contributed by atoms with E-state index in [4.69, 9.17) is 23.2 Å². The number of piperazine rings is 1. The molecule has 0 saturated carbocycles. The molecule has 5 nitrogen and oxygen atoms in total. The lowest BCUT2D eigenvalue weighted by molar-refractivity contribution is -0.117. The summed E-state index contributed by atoms with van der Waals surface area (Å²) in [5, 5.41) is 3.88. The van der Waals surface area contributed by atoms with Crippen LogP contribution in [-0.2, 0) is 11.3 Å². The molecule has 1 aliphatic rings. The molecule has 0 unspecified atom stereocenters. The van der Waals surface area contributed by atoms with Crippen molar-refractivity contribution >= 4 is 34.8 Å². The molecule has 1 N–H and O–H groups in total. The molecule has 1 amide bonds. The summed E-state index contributed by atoms with van der Waals surface area (Å²) in [6, 6.07) is 11.4. The Balaban J connectivity index is 1.43. The van der Waals surface area contributed by atoms with E-state index in [0.29, 0.717) is 17.4 Å². The second-order valence-electron chi connectivity index (χ2n) is 6.07. The van der Waals surface area contributed by atoms with Crippen LogP contribution in [-0.4, -0.2) is 53.4 Å². The van der Waals surface area contributed by atoms with Gasteiger partial charge in [-0.3, -0.25) is 14.6 Å². The van der Waals surface area contributed by atoms with Crippen LogP contribution in [0.1, 0.15) is 5.56 Å². The highest BCUT2D eigenvalue weighted by Gasteiger charge is 2.19. The number of nitrogens with one attached hydrogen (secondary N) is 1. The van der Waals surface area contributed by atoms with Crippen LogP contribution in [0.2, 0.25) is 10.2 Å². The van der Waals surface area contributed by atoms with Gasteiger partial charge < -0.3 is 5.32 Å². The van der Waals surface area contributed by atoms with Gasteiger partial charge >= 0.3 is 0 Å².